The zero-order valence-corrected chi connectivity index (χ0v) is 11.8. The molecule has 1 saturated carbocycles. The van der Waals surface area contributed by atoms with Gasteiger partial charge in [-0.25, -0.2) is 0 Å². The molecule has 0 N–H and O–H groups in total. The van der Waals surface area contributed by atoms with E-state index in [9.17, 15) is 4.79 Å². The van der Waals surface area contributed by atoms with E-state index in [1.807, 2.05) is 0 Å². The van der Waals surface area contributed by atoms with E-state index < -0.39 is 0 Å². The minimum absolute atomic E-state index is 0.0341. The number of benzene rings is 1. The van der Waals surface area contributed by atoms with Crippen LogP contribution in [0.5, 0.6) is 0 Å². The van der Waals surface area contributed by atoms with E-state index in [1.165, 1.54) is 29.4 Å². The molecule has 0 unspecified atom stereocenters. The largest absolute Gasteiger partial charge is 0.469 e. The molecule has 1 fully saturated rings. The summed E-state index contributed by atoms with van der Waals surface area (Å²) in [6, 6.07) is 4.40. The molecule has 0 heterocycles. The van der Waals surface area contributed by atoms with Gasteiger partial charge in [-0.15, -0.1) is 0 Å². The Morgan fingerprint density at radius 1 is 1.22 bits per heavy atom. The van der Waals surface area contributed by atoms with Gasteiger partial charge in [-0.05, 0) is 56.7 Å². The summed E-state index contributed by atoms with van der Waals surface area (Å²) in [6.07, 6.45) is 3.90. The topological polar surface area (TPSA) is 26.3 Å². The summed E-state index contributed by atoms with van der Waals surface area (Å²) < 4.78 is 4.99. The minimum atomic E-state index is -0.250. The average molecular weight is 246 g/mol. The Labute approximate surface area is 109 Å². The van der Waals surface area contributed by atoms with Crippen molar-refractivity contribution < 1.29 is 9.53 Å². The number of methoxy groups -OCH3 is 1. The number of ether oxygens (including phenoxy) is 1. The molecule has 1 aromatic carbocycles. The van der Waals surface area contributed by atoms with E-state index in [0.29, 0.717) is 0 Å². The zero-order chi connectivity index (χ0) is 13.3. The molecular formula is C16H22O2. The predicted molar refractivity (Wildman–Crippen MR) is 72.7 cm³/mol. The lowest BCUT2D eigenvalue weighted by Crippen LogP contribution is -2.41. The molecule has 0 bridgehead atoms. The maximum absolute atomic E-state index is 12.0. The Hall–Kier alpha value is -1.31. The second-order valence-electron chi connectivity index (χ2n) is 5.68. The molecule has 18 heavy (non-hydrogen) atoms. The number of esters is 1. The number of carbonyl (C=O) groups excluding carboxylic acids is 1. The second kappa shape index (κ2) is 4.75. The monoisotopic (exact) mass is 246 g/mol. The molecule has 0 saturated heterocycles. The Morgan fingerprint density at radius 3 is 2.17 bits per heavy atom. The minimum Gasteiger partial charge on any atom is -0.469 e. The summed E-state index contributed by atoms with van der Waals surface area (Å²) in [5.74, 6) is -0.0341. The van der Waals surface area contributed by atoms with Gasteiger partial charge in [0.05, 0.1) is 12.5 Å². The number of aryl methyl sites for hydroxylation is 3. The number of rotatable bonds is 3. The summed E-state index contributed by atoms with van der Waals surface area (Å²) in [5, 5.41) is 0. The molecular weight excluding hydrogens is 224 g/mol. The van der Waals surface area contributed by atoms with E-state index in [1.54, 1.807) is 0 Å². The van der Waals surface area contributed by atoms with Gasteiger partial charge in [0.2, 0.25) is 0 Å². The van der Waals surface area contributed by atoms with Crippen LogP contribution in [-0.2, 0) is 16.0 Å². The van der Waals surface area contributed by atoms with Crippen molar-refractivity contribution in [2.45, 2.75) is 46.5 Å². The molecule has 2 nitrogen and oxygen atoms in total. The fraction of sp³-hybridized carbons (Fsp3) is 0.562. The Balaban J connectivity index is 2.31. The van der Waals surface area contributed by atoms with Crippen molar-refractivity contribution in [2.75, 3.05) is 7.11 Å². The Kier molecular flexibility index (Phi) is 3.47. The van der Waals surface area contributed by atoms with Crippen LogP contribution in [0, 0.1) is 26.2 Å². The van der Waals surface area contributed by atoms with Crippen LogP contribution in [0.25, 0.3) is 0 Å². The molecule has 0 spiro atoms. The molecule has 0 radical (unpaired) electrons. The first kappa shape index (κ1) is 13.1. The molecule has 0 amide bonds. The van der Waals surface area contributed by atoms with E-state index in [-0.39, 0.29) is 11.4 Å². The normalized spacial score (nSPS) is 17.1. The first-order valence-electron chi connectivity index (χ1n) is 6.64. The first-order chi connectivity index (χ1) is 8.48. The van der Waals surface area contributed by atoms with Gasteiger partial charge in [0.25, 0.3) is 0 Å². The second-order valence-corrected chi connectivity index (χ2v) is 5.68. The smallest absolute Gasteiger partial charge is 0.312 e. The number of hydrogen-bond acceptors (Lipinski definition) is 2. The van der Waals surface area contributed by atoms with E-state index in [0.717, 1.165) is 25.7 Å². The first-order valence-corrected chi connectivity index (χ1v) is 6.64. The van der Waals surface area contributed by atoms with Gasteiger partial charge in [-0.1, -0.05) is 24.1 Å². The lowest BCUT2D eigenvalue weighted by Gasteiger charge is -2.39. The van der Waals surface area contributed by atoms with Crippen molar-refractivity contribution in [3.8, 4) is 0 Å². The average Bonchev–Trinajstić information content (AvgIpc) is 2.25. The summed E-state index contributed by atoms with van der Waals surface area (Å²) in [5.41, 5.74) is 4.95. The van der Waals surface area contributed by atoms with Gasteiger partial charge in [0.15, 0.2) is 0 Å². The third-order valence-corrected chi connectivity index (χ3v) is 4.28. The highest BCUT2D eigenvalue weighted by molar-refractivity contribution is 5.78. The van der Waals surface area contributed by atoms with E-state index >= 15 is 0 Å². The van der Waals surface area contributed by atoms with Crippen LogP contribution in [0.3, 0.4) is 0 Å². The quantitative estimate of drug-likeness (QED) is 0.763. The molecule has 1 aliphatic carbocycles. The van der Waals surface area contributed by atoms with E-state index in [4.69, 9.17) is 4.74 Å². The van der Waals surface area contributed by atoms with Crippen molar-refractivity contribution in [1.29, 1.82) is 0 Å². The molecule has 0 aliphatic heterocycles. The van der Waals surface area contributed by atoms with Gasteiger partial charge in [0.1, 0.15) is 0 Å². The summed E-state index contributed by atoms with van der Waals surface area (Å²) in [4.78, 5) is 12.0. The number of hydrogen-bond donors (Lipinski definition) is 0. The van der Waals surface area contributed by atoms with Crippen molar-refractivity contribution in [3.05, 3.63) is 34.4 Å². The standard InChI is InChI=1S/C16H22O2/c1-11-8-12(2)14(13(3)9-11)10-16(6-5-7-16)15(17)18-4/h8-9H,5-7,10H2,1-4H3. The molecule has 1 aromatic rings. The zero-order valence-electron chi connectivity index (χ0n) is 11.8. The fourth-order valence-corrected chi connectivity index (χ4v) is 3.10. The summed E-state index contributed by atoms with van der Waals surface area (Å²) >= 11 is 0. The molecule has 0 atom stereocenters. The van der Waals surface area contributed by atoms with Gasteiger partial charge < -0.3 is 4.74 Å². The molecule has 2 heteroatoms. The van der Waals surface area contributed by atoms with Gasteiger partial charge in [-0.2, -0.15) is 0 Å². The van der Waals surface area contributed by atoms with E-state index in [2.05, 4.69) is 32.9 Å². The van der Waals surface area contributed by atoms with Crippen molar-refractivity contribution in [3.63, 3.8) is 0 Å². The van der Waals surface area contributed by atoms with Gasteiger partial charge in [-0.3, -0.25) is 4.79 Å². The third kappa shape index (κ3) is 2.16. The van der Waals surface area contributed by atoms with Crippen LogP contribution in [-0.4, -0.2) is 13.1 Å². The Bertz CT molecular complexity index is 447. The third-order valence-electron chi connectivity index (χ3n) is 4.28. The highest BCUT2D eigenvalue weighted by atomic mass is 16.5. The summed E-state index contributed by atoms with van der Waals surface area (Å²) in [7, 11) is 1.50. The lowest BCUT2D eigenvalue weighted by atomic mass is 9.64. The fourth-order valence-electron chi connectivity index (χ4n) is 3.10. The van der Waals surface area contributed by atoms with Gasteiger partial charge >= 0.3 is 5.97 Å². The molecule has 2 rings (SSSR count). The van der Waals surface area contributed by atoms with Crippen LogP contribution in [0.2, 0.25) is 0 Å². The van der Waals surface area contributed by atoms with Crippen molar-refractivity contribution in [2.24, 2.45) is 5.41 Å². The van der Waals surface area contributed by atoms with Crippen molar-refractivity contribution in [1.82, 2.24) is 0 Å². The highest BCUT2D eigenvalue weighted by Gasteiger charge is 2.45. The maximum Gasteiger partial charge on any atom is 0.312 e. The molecule has 1 aliphatic rings. The van der Waals surface area contributed by atoms with Crippen LogP contribution in [0.15, 0.2) is 12.1 Å². The SMILES string of the molecule is COC(=O)C1(Cc2c(C)cc(C)cc2C)CCC1. The van der Waals surface area contributed by atoms with Crippen LogP contribution in [0.4, 0.5) is 0 Å². The van der Waals surface area contributed by atoms with Gasteiger partial charge in [0, 0.05) is 0 Å². The van der Waals surface area contributed by atoms with Crippen molar-refractivity contribution >= 4 is 5.97 Å². The lowest BCUT2D eigenvalue weighted by molar-refractivity contribution is -0.158. The van der Waals surface area contributed by atoms with Crippen LogP contribution >= 0.6 is 0 Å². The maximum atomic E-state index is 12.0. The van der Waals surface area contributed by atoms with Crippen LogP contribution < -0.4 is 0 Å². The molecule has 98 valence electrons. The molecule has 0 aromatic heterocycles. The highest BCUT2D eigenvalue weighted by Crippen LogP contribution is 2.45. The predicted octanol–water partition coefficient (Wildman–Crippen LogP) is 3.50. The number of carbonyl (C=O) groups is 1. The summed E-state index contributed by atoms with van der Waals surface area (Å²) in [6.45, 7) is 6.39. The Morgan fingerprint density at radius 2 is 1.78 bits per heavy atom. The van der Waals surface area contributed by atoms with Crippen LogP contribution in [0.1, 0.15) is 41.5 Å².